The molecule has 2 atom stereocenters. The van der Waals surface area contributed by atoms with Gasteiger partial charge in [-0.05, 0) is 23.9 Å². The van der Waals surface area contributed by atoms with Crippen LogP contribution < -0.4 is 5.73 Å². The predicted molar refractivity (Wildman–Crippen MR) is 95.8 cm³/mol. The second kappa shape index (κ2) is 9.91. The van der Waals surface area contributed by atoms with Crippen molar-refractivity contribution in [3.63, 3.8) is 0 Å². The van der Waals surface area contributed by atoms with Crippen LogP contribution in [0.2, 0.25) is 0 Å². The number of benzene rings is 1. The zero-order valence-corrected chi connectivity index (χ0v) is 14.9. The van der Waals surface area contributed by atoms with Crippen molar-refractivity contribution in [2.45, 2.75) is 26.2 Å². The summed E-state index contributed by atoms with van der Waals surface area (Å²) in [7, 11) is 0. The van der Waals surface area contributed by atoms with Crippen molar-refractivity contribution in [2.24, 2.45) is 17.6 Å². The summed E-state index contributed by atoms with van der Waals surface area (Å²) in [4.78, 5) is 14.3. The van der Waals surface area contributed by atoms with Gasteiger partial charge in [-0.1, -0.05) is 44.2 Å². The van der Waals surface area contributed by atoms with Crippen LogP contribution in [0.1, 0.15) is 31.7 Å². The Hall–Kier alpha value is -1.10. The lowest BCUT2D eigenvalue weighted by Gasteiger charge is -2.17. The molecule has 1 aliphatic heterocycles. The van der Waals surface area contributed by atoms with E-state index in [4.69, 9.17) is 10.5 Å². The van der Waals surface area contributed by atoms with Crippen molar-refractivity contribution in [3.8, 4) is 0 Å². The lowest BCUT2D eigenvalue weighted by molar-refractivity contribution is -0.131. The number of carbonyl (C=O) groups excluding carboxylic acids is 1. The average molecular weight is 341 g/mol. The minimum absolute atomic E-state index is 0. The van der Waals surface area contributed by atoms with Crippen molar-refractivity contribution in [2.75, 3.05) is 32.8 Å². The van der Waals surface area contributed by atoms with Gasteiger partial charge in [0.25, 0.3) is 0 Å². The number of hydrogen-bond acceptors (Lipinski definition) is 3. The first-order valence-electron chi connectivity index (χ1n) is 8.22. The lowest BCUT2D eigenvalue weighted by atomic mass is 9.89. The van der Waals surface area contributed by atoms with Crippen molar-refractivity contribution in [3.05, 3.63) is 35.9 Å². The number of amides is 1. The van der Waals surface area contributed by atoms with Gasteiger partial charge in [0.05, 0.1) is 13.0 Å². The number of halogens is 1. The van der Waals surface area contributed by atoms with Crippen molar-refractivity contribution >= 4 is 18.3 Å². The van der Waals surface area contributed by atoms with Crippen LogP contribution in [0.3, 0.4) is 0 Å². The van der Waals surface area contributed by atoms with Crippen molar-refractivity contribution in [1.82, 2.24) is 4.90 Å². The standard InChI is InChI=1S/C18H28N2O2.ClH/c1-14(2)13-22-9-8-18(21)20-11-16(10-19)17(12-20)15-6-4-3-5-7-15;/h3-7,14,16-17H,8-13,19H2,1-2H3;1H/t16-,17+;/m1./s1. The number of hydrogen-bond donors (Lipinski definition) is 1. The van der Waals surface area contributed by atoms with Gasteiger partial charge in [-0.3, -0.25) is 4.79 Å². The molecular weight excluding hydrogens is 312 g/mol. The molecule has 5 heteroatoms. The minimum atomic E-state index is 0. The highest BCUT2D eigenvalue weighted by Gasteiger charge is 2.34. The summed E-state index contributed by atoms with van der Waals surface area (Å²) in [5, 5.41) is 0. The summed E-state index contributed by atoms with van der Waals surface area (Å²) in [6.07, 6.45) is 0.464. The van der Waals surface area contributed by atoms with E-state index in [2.05, 4.69) is 26.0 Å². The Kier molecular flexibility index (Phi) is 8.59. The fraction of sp³-hybridized carbons (Fsp3) is 0.611. The Labute approximate surface area is 145 Å². The second-order valence-corrected chi connectivity index (χ2v) is 6.53. The molecule has 0 saturated carbocycles. The van der Waals surface area contributed by atoms with E-state index >= 15 is 0 Å². The van der Waals surface area contributed by atoms with Crippen LogP contribution in [-0.4, -0.2) is 43.7 Å². The highest BCUT2D eigenvalue weighted by molar-refractivity contribution is 5.85. The molecule has 2 N–H and O–H groups in total. The molecule has 1 aromatic rings. The van der Waals surface area contributed by atoms with Gasteiger partial charge in [-0.15, -0.1) is 12.4 Å². The van der Waals surface area contributed by atoms with Crippen LogP contribution in [0.4, 0.5) is 0 Å². The Morgan fingerprint density at radius 1 is 1.30 bits per heavy atom. The number of carbonyl (C=O) groups is 1. The van der Waals surface area contributed by atoms with Gasteiger partial charge in [0.2, 0.25) is 5.91 Å². The van der Waals surface area contributed by atoms with Crippen molar-refractivity contribution in [1.29, 1.82) is 0 Å². The van der Waals surface area contributed by atoms with Crippen LogP contribution in [-0.2, 0) is 9.53 Å². The molecule has 0 bridgehead atoms. The Bertz CT molecular complexity index is 467. The molecule has 0 spiro atoms. The summed E-state index contributed by atoms with van der Waals surface area (Å²) in [5.74, 6) is 1.39. The zero-order valence-electron chi connectivity index (χ0n) is 14.1. The molecule has 130 valence electrons. The lowest BCUT2D eigenvalue weighted by Crippen LogP contribution is -2.30. The second-order valence-electron chi connectivity index (χ2n) is 6.53. The Morgan fingerprint density at radius 3 is 2.61 bits per heavy atom. The van der Waals surface area contributed by atoms with Crippen LogP contribution in [0.15, 0.2) is 30.3 Å². The molecule has 0 aliphatic carbocycles. The van der Waals surface area contributed by atoms with E-state index in [1.54, 1.807) is 0 Å². The van der Waals surface area contributed by atoms with Gasteiger partial charge >= 0.3 is 0 Å². The summed E-state index contributed by atoms with van der Waals surface area (Å²) in [6.45, 7) is 7.60. The third-order valence-corrected chi connectivity index (χ3v) is 4.24. The fourth-order valence-electron chi connectivity index (χ4n) is 3.03. The maximum atomic E-state index is 12.3. The quantitative estimate of drug-likeness (QED) is 0.776. The number of rotatable bonds is 7. The van der Waals surface area contributed by atoms with Gasteiger partial charge in [0, 0.05) is 25.6 Å². The van der Waals surface area contributed by atoms with E-state index in [-0.39, 0.29) is 18.3 Å². The molecule has 1 heterocycles. The Balaban J connectivity index is 0.00000264. The molecule has 2 rings (SSSR count). The maximum Gasteiger partial charge on any atom is 0.224 e. The number of nitrogens with two attached hydrogens (primary N) is 1. The molecule has 0 aromatic heterocycles. The van der Waals surface area contributed by atoms with Gasteiger partial charge < -0.3 is 15.4 Å². The first-order valence-corrected chi connectivity index (χ1v) is 8.22. The molecule has 0 unspecified atom stereocenters. The molecule has 1 aromatic carbocycles. The summed E-state index contributed by atoms with van der Waals surface area (Å²) < 4.78 is 5.52. The topological polar surface area (TPSA) is 55.6 Å². The molecule has 4 nitrogen and oxygen atoms in total. The van der Waals surface area contributed by atoms with E-state index in [9.17, 15) is 4.79 Å². The molecular formula is C18H29ClN2O2. The maximum absolute atomic E-state index is 12.3. The van der Waals surface area contributed by atoms with Gasteiger partial charge in [0.1, 0.15) is 0 Å². The minimum Gasteiger partial charge on any atom is -0.381 e. The van der Waals surface area contributed by atoms with Crippen molar-refractivity contribution < 1.29 is 9.53 Å². The van der Waals surface area contributed by atoms with E-state index in [1.807, 2.05) is 23.1 Å². The zero-order chi connectivity index (χ0) is 15.9. The summed E-state index contributed by atoms with van der Waals surface area (Å²) in [5.41, 5.74) is 7.20. The first-order chi connectivity index (χ1) is 10.6. The molecule has 1 aliphatic rings. The molecule has 1 fully saturated rings. The van der Waals surface area contributed by atoms with Gasteiger partial charge in [-0.25, -0.2) is 0 Å². The van der Waals surface area contributed by atoms with E-state index in [0.717, 1.165) is 13.1 Å². The SMILES string of the molecule is CC(C)COCCC(=O)N1C[C@@H](CN)[C@H](c2ccccc2)C1.Cl. The molecule has 1 amide bonds. The average Bonchev–Trinajstić information content (AvgIpc) is 2.96. The smallest absolute Gasteiger partial charge is 0.224 e. The third kappa shape index (κ3) is 5.79. The normalized spacial score (nSPS) is 20.6. The van der Waals surface area contributed by atoms with Crippen LogP contribution in [0.25, 0.3) is 0 Å². The fourth-order valence-corrected chi connectivity index (χ4v) is 3.03. The van der Waals surface area contributed by atoms with Crippen LogP contribution in [0.5, 0.6) is 0 Å². The largest absolute Gasteiger partial charge is 0.381 e. The molecule has 0 radical (unpaired) electrons. The summed E-state index contributed by atoms with van der Waals surface area (Å²) >= 11 is 0. The number of nitrogens with zero attached hydrogens (tertiary/aromatic N) is 1. The number of likely N-dealkylation sites (tertiary alicyclic amines) is 1. The highest BCUT2D eigenvalue weighted by atomic mass is 35.5. The predicted octanol–water partition coefficient (Wildman–Crippen LogP) is 2.67. The van der Waals surface area contributed by atoms with Crippen LogP contribution in [0, 0.1) is 11.8 Å². The van der Waals surface area contributed by atoms with Gasteiger partial charge in [0.15, 0.2) is 0 Å². The molecule has 23 heavy (non-hydrogen) atoms. The summed E-state index contributed by atoms with van der Waals surface area (Å²) in [6, 6.07) is 10.4. The monoisotopic (exact) mass is 340 g/mol. The number of ether oxygens (including phenoxy) is 1. The first kappa shape index (κ1) is 19.9. The highest BCUT2D eigenvalue weighted by Crippen LogP contribution is 2.32. The molecule has 1 saturated heterocycles. The van der Waals surface area contributed by atoms with E-state index in [1.165, 1.54) is 5.56 Å². The third-order valence-electron chi connectivity index (χ3n) is 4.24. The van der Waals surface area contributed by atoms with Gasteiger partial charge in [-0.2, -0.15) is 0 Å². The van der Waals surface area contributed by atoms with Crippen LogP contribution >= 0.6 is 12.4 Å². The van der Waals surface area contributed by atoms with E-state index in [0.29, 0.717) is 43.9 Å². The Morgan fingerprint density at radius 2 is 2.00 bits per heavy atom. The van der Waals surface area contributed by atoms with E-state index < -0.39 is 0 Å².